The lowest BCUT2D eigenvalue weighted by atomic mass is 10.1. The second-order valence-electron chi connectivity index (χ2n) is 4.90. The number of fused-ring (bicyclic) bond motifs is 1. The van der Waals surface area contributed by atoms with Crippen LogP contribution in [0.2, 0.25) is 0 Å². The number of aromatic amines is 1. The minimum absolute atomic E-state index is 0.00153. The Balaban J connectivity index is 1.89. The van der Waals surface area contributed by atoms with Gasteiger partial charge < -0.3 is 15.6 Å². The van der Waals surface area contributed by atoms with Gasteiger partial charge in [-0.1, -0.05) is 12.1 Å². The lowest BCUT2D eigenvalue weighted by Crippen LogP contribution is -2.33. The van der Waals surface area contributed by atoms with Crippen molar-refractivity contribution in [3.8, 4) is 0 Å². The van der Waals surface area contributed by atoms with Crippen molar-refractivity contribution in [3.05, 3.63) is 46.2 Å². The first-order valence-electron chi connectivity index (χ1n) is 6.30. The van der Waals surface area contributed by atoms with Gasteiger partial charge in [0.15, 0.2) is 0 Å². The summed E-state index contributed by atoms with van der Waals surface area (Å²) in [5.41, 5.74) is 7.36. The van der Waals surface area contributed by atoms with E-state index in [0.29, 0.717) is 19.5 Å². The summed E-state index contributed by atoms with van der Waals surface area (Å²) in [6.45, 7) is 1.24. The van der Waals surface area contributed by atoms with Crippen molar-refractivity contribution in [2.75, 3.05) is 6.54 Å². The number of nitrogens with zero attached hydrogens (tertiary/aromatic N) is 1. The van der Waals surface area contributed by atoms with Crippen molar-refractivity contribution in [2.45, 2.75) is 19.0 Å². The number of carbonyl (C=O) groups excluding carboxylic acids is 1. The molecule has 1 saturated heterocycles. The summed E-state index contributed by atoms with van der Waals surface area (Å²) in [4.78, 5) is 27.6. The molecule has 0 aliphatic carbocycles. The summed E-state index contributed by atoms with van der Waals surface area (Å²) in [6, 6.07) is 8.76. The largest absolute Gasteiger partial charge is 0.337 e. The Morgan fingerprint density at radius 3 is 2.79 bits per heavy atom. The second kappa shape index (κ2) is 4.51. The summed E-state index contributed by atoms with van der Waals surface area (Å²) in [7, 11) is 0. The van der Waals surface area contributed by atoms with E-state index in [2.05, 4.69) is 4.98 Å². The standard InChI is InChI=1S/C14H15N3O2/c15-11-5-6-17(14(11)19)8-9-1-2-10-3-4-13(18)16-12(10)7-9/h1-4,7,11H,5-6,8,15H2,(H,16,18)/t11-/m0/s1. The van der Waals surface area contributed by atoms with Crippen LogP contribution in [0.4, 0.5) is 0 Å². The number of hydrogen-bond acceptors (Lipinski definition) is 3. The normalized spacial score (nSPS) is 19.3. The molecular formula is C14H15N3O2. The molecule has 5 nitrogen and oxygen atoms in total. The van der Waals surface area contributed by atoms with Gasteiger partial charge in [-0.3, -0.25) is 9.59 Å². The zero-order valence-corrected chi connectivity index (χ0v) is 10.4. The number of benzene rings is 1. The number of hydrogen-bond donors (Lipinski definition) is 2. The highest BCUT2D eigenvalue weighted by Crippen LogP contribution is 2.17. The van der Waals surface area contributed by atoms with E-state index >= 15 is 0 Å². The molecule has 2 heterocycles. The average Bonchev–Trinajstić information content (AvgIpc) is 2.70. The predicted octanol–water partition coefficient (Wildman–Crippen LogP) is 0.588. The highest BCUT2D eigenvalue weighted by atomic mass is 16.2. The van der Waals surface area contributed by atoms with Crippen LogP contribution in [-0.4, -0.2) is 28.4 Å². The van der Waals surface area contributed by atoms with E-state index in [4.69, 9.17) is 5.73 Å². The van der Waals surface area contributed by atoms with Gasteiger partial charge in [-0.2, -0.15) is 0 Å². The van der Waals surface area contributed by atoms with E-state index in [0.717, 1.165) is 16.5 Å². The Hall–Kier alpha value is -2.14. The fourth-order valence-electron chi connectivity index (χ4n) is 2.44. The first kappa shape index (κ1) is 11.9. The monoisotopic (exact) mass is 257 g/mol. The molecule has 5 heteroatoms. The zero-order valence-electron chi connectivity index (χ0n) is 10.4. The van der Waals surface area contributed by atoms with Gasteiger partial charge in [0, 0.05) is 24.7 Å². The van der Waals surface area contributed by atoms with Crippen molar-refractivity contribution in [3.63, 3.8) is 0 Å². The molecule has 19 heavy (non-hydrogen) atoms. The molecule has 0 unspecified atom stereocenters. The number of aromatic nitrogens is 1. The van der Waals surface area contributed by atoms with Crippen LogP contribution in [0.15, 0.2) is 35.1 Å². The van der Waals surface area contributed by atoms with Gasteiger partial charge >= 0.3 is 0 Å². The summed E-state index contributed by atoms with van der Waals surface area (Å²) >= 11 is 0. The maximum absolute atomic E-state index is 11.8. The van der Waals surface area contributed by atoms with Crippen molar-refractivity contribution >= 4 is 16.8 Å². The van der Waals surface area contributed by atoms with E-state index in [1.807, 2.05) is 18.2 Å². The number of H-pyrrole nitrogens is 1. The van der Waals surface area contributed by atoms with Crippen LogP contribution in [0.25, 0.3) is 10.9 Å². The SMILES string of the molecule is N[C@H]1CCN(Cc2ccc3ccc(=O)[nH]c3c2)C1=O. The second-order valence-corrected chi connectivity index (χ2v) is 4.90. The van der Waals surface area contributed by atoms with Gasteiger partial charge in [0.1, 0.15) is 0 Å². The van der Waals surface area contributed by atoms with Crippen LogP contribution < -0.4 is 11.3 Å². The summed E-state index contributed by atoms with van der Waals surface area (Å²) in [6.07, 6.45) is 0.712. The van der Waals surface area contributed by atoms with Gasteiger partial charge in [0.25, 0.3) is 0 Å². The fourth-order valence-corrected chi connectivity index (χ4v) is 2.44. The molecule has 3 rings (SSSR count). The van der Waals surface area contributed by atoms with Gasteiger partial charge in [-0.05, 0) is 29.5 Å². The predicted molar refractivity (Wildman–Crippen MR) is 72.6 cm³/mol. The first-order chi connectivity index (χ1) is 9.13. The van der Waals surface area contributed by atoms with Gasteiger partial charge in [0.2, 0.25) is 11.5 Å². The third kappa shape index (κ3) is 2.24. The molecule has 98 valence electrons. The minimum atomic E-state index is -0.361. The van der Waals surface area contributed by atoms with Crippen molar-refractivity contribution in [1.82, 2.24) is 9.88 Å². The molecule has 1 atom stereocenters. The van der Waals surface area contributed by atoms with Crippen LogP contribution in [0.5, 0.6) is 0 Å². The van der Waals surface area contributed by atoms with Crippen LogP contribution in [0.1, 0.15) is 12.0 Å². The third-order valence-electron chi connectivity index (χ3n) is 3.50. The Bertz CT molecular complexity index is 692. The summed E-state index contributed by atoms with van der Waals surface area (Å²) < 4.78 is 0. The lowest BCUT2D eigenvalue weighted by Gasteiger charge is -2.16. The van der Waals surface area contributed by atoms with E-state index in [9.17, 15) is 9.59 Å². The van der Waals surface area contributed by atoms with Crippen LogP contribution in [0.3, 0.4) is 0 Å². The number of pyridine rings is 1. The molecule has 3 N–H and O–H groups in total. The summed E-state index contributed by atoms with van der Waals surface area (Å²) in [5.74, 6) is 0.00153. The Kier molecular flexibility index (Phi) is 2.83. The fraction of sp³-hybridized carbons (Fsp3) is 0.286. The molecule has 0 saturated carbocycles. The van der Waals surface area contributed by atoms with Crippen molar-refractivity contribution in [1.29, 1.82) is 0 Å². The van der Waals surface area contributed by atoms with Crippen molar-refractivity contribution in [2.24, 2.45) is 5.73 Å². The summed E-state index contributed by atoms with van der Waals surface area (Å²) in [5, 5.41) is 0.979. The Morgan fingerprint density at radius 2 is 2.05 bits per heavy atom. The number of amides is 1. The number of nitrogens with one attached hydrogen (secondary N) is 1. The smallest absolute Gasteiger partial charge is 0.248 e. The molecule has 0 radical (unpaired) electrons. The van der Waals surface area contributed by atoms with Gasteiger partial charge in [-0.15, -0.1) is 0 Å². The molecule has 1 aliphatic heterocycles. The topological polar surface area (TPSA) is 79.2 Å². The lowest BCUT2D eigenvalue weighted by molar-refractivity contribution is -0.129. The molecule has 2 aromatic rings. The average molecular weight is 257 g/mol. The van der Waals surface area contributed by atoms with Gasteiger partial charge in [0.05, 0.1) is 6.04 Å². The number of nitrogens with two attached hydrogens (primary N) is 1. The zero-order chi connectivity index (χ0) is 13.4. The molecule has 0 spiro atoms. The van der Waals surface area contributed by atoms with Gasteiger partial charge in [-0.25, -0.2) is 0 Å². The van der Waals surface area contributed by atoms with Crippen LogP contribution in [0, 0.1) is 0 Å². The molecule has 1 aliphatic rings. The maximum atomic E-state index is 11.8. The number of carbonyl (C=O) groups is 1. The quantitative estimate of drug-likeness (QED) is 0.826. The maximum Gasteiger partial charge on any atom is 0.248 e. The molecular weight excluding hydrogens is 242 g/mol. The van der Waals surface area contributed by atoms with Crippen LogP contribution in [-0.2, 0) is 11.3 Å². The van der Waals surface area contributed by atoms with E-state index in [-0.39, 0.29) is 17.5 Å². The first-order valence-corrected chi connectivity index (χ1v) is 6.30. The number of rotatable bonds is 2. The highest BCUT2D eigenvalue weighted by Gasteiger charge is 2.28. The van der Waals surface area contributed by atoms with E-state index in [1.54, 1.807) is 11.0 Å². The van der Waals surface area contributed by atoms with E-state index in [1.165, 1.54) is 6.07 Å². The Labute approximate surface area is 110 Å². The minimum Gasteiger partial charge on any atom is -0.337 e. The Morgan fingerprint density at radius 1 is 1.26 bits per heavy atom. The highest BCUT2D eigenvalue weighted by molar-refractivity contribution is 5.84. The van der Waals surface area contributed by atoms with Crippen molar-refractivity contribution < 1.29 is 4.79 Å². The van der Waals surface area contributed by atoms with Crippen LogP contribution >= 0.6 is 0 Å². The third-order valence-corrected chi connectivity index (χ3v) is 3.50. The number of likely N-dealkylation sites (tertiary alicyclic amines) is 1. The molecule has 1 fully saturated rings. The molecule has 0 bridgehead atoms. The molecule has 1 amide bonds. The molecule has 1 aromatic carbocycles. The van der Waals surface area contributed by atoms with E-state index < -0.39 is 0 Å². The molecule has 1 aromatic heterocycles.